The van der Waals surface area contributed by atoms with Crippen LogP contribution in [-0.2, 0) is 0 Å². The molecule has 3 rings (SSSR count). The Morgan fingerprint density at radius 2 is 1.57 bits per heavy atom. The normalized spacial score (nSPS) is 12.0. The predicted octanol–water partition coefficient (Wildman–Crippen LogP) is 6.01. The summed E-state index contributed by atoms with van der Waals surface area (Å²) in [6.07, 6.45) is 0.884. The largest absolute Gasteiger partial charge is 0.508 e. The van der Waals surface area contributed by atoms with E-state index < -0.39 is 0 Å². The molecule has 30 heavy (non-hydrogen) atoms. The summed E-state index contributed by atoms with van der Waals surface area (Å²) < 4.78 is 5.87. The number of likely N-dealkylation sites (N-methyl/N-ethyl adjacent to an activating group) is 1. The van der Waals surface area contributed by atoms with Crippen molar-refractivity contribution in [2.24, 2.45) is 0 Å². The standard InChI is InChI=1S/C27H31NO2/c1-5-26(22-9-6-8-20(2)18-22)27(23-10-7-11-24(29)19-23)21-12-14-25(15-13-21)30-17-16-28(3)4/h6-15,18-19,29H,5,16-17H2,1-4H3/b27-26+. The summed E-state index contributed by atoms with van der Waals surface area (Å²) >= 11 is 0. The molecule has 3 aromatic rings. The highest BCUT2D eigenvalue weighted by Gasteiger charge is 2.14. The van der Waals surface area contributed by atoms with Gasteiger partial charge in [-0.25, -0.2) is 0 Å². The molecule has 0 amide bonds. The Balaban J connectivity index is 2.06. The molecule has 0 saturated heterocycles. The number of nitrogens with zero attached hydrogens (tertiary/aromatic N) is 1. The fourth-order valence-corrected chi connectivity index (χ4v) is 3.60. The van der Waals surface area contributed by atoms with Crippen LogP contribution in [0.4, 0.5) is 0 Å². The average Bonchev–Trinajstić information content (AvgIpc) is 2.72. The zero-order chi connectivity index (χ0) is 21.5. The summed E-state index contributed by atoms with van der Waals surface area (Å²) in [5.74, 6) is 1.14. The van der Waals surface area contributed by atoms with Gasteiger partial charge >= 0.3 is 0 Å². The fraction of sp³-hybridized carbons (Fsp3) is 0.259. The van der Waals surface area contributed by atoms with Gasteiger partial charge in [-0.3, -0.25) is 0 Å². The monoisotopic (exact) mass is 401 g/mol. The second-order valence-electron chi connectivity index (χ2n) is 7.80. The third-order valence-electron chi connectivity index (χ3n) is 5.11. The van der Waals surface area contributed by atoms with Crippen LogP contribution in [-0.4, -0.2) is 37.3 Å². The van der Waals surface area contributed by atoms with Crippen molar-refractivity contribution in [1.82, 2.24) is 4.90 Å². The third-order valence-corrected chi connectivity index (χ3v) is 5.11. The molecule has 0 aliphatic rings. The Kier molecular flexibility index (Phi) is 7.31. The number of benzene rings is 3. The minimum Gasteiger partial charge on any atom is -0.508 e. The number of phenols is 1. The van der Waals surface area contributed by atoms with Crippen LogP contribution in [0.5, 0.6) is 11.5 Å². The van der Waals surface area contributed by atoms with Crippen molar-refractivity contribution in [3.8, 4) is 11.5 Å². The number of phenolic OH excluding ortho intramolecular Hbond substituents is 1. The summed E-state index contributed by atoms with van der Waals surface area (Å²) in [6.45, 7) is 5.83. The third kappa shape index (κ3) is 5.52. The van der Waals surface area contributed by atoms with Crippen molar-refractivity contribution in [3.63, 3.8) is 0 Å². The molecule has 3 aromatic carbocycles. The van der Waals surface area contributed by atoms with E-state index in [4.69, 9.17) is 4.74 Å². The lowest BCUT2D eigenvalue weighted by Gasteiger charge is -2.17. The first-order valence-corrected chi connectivity index (χ1v) is 10.5. The lowest BCUT2D eigenvalue weighted by atomic mass is 9.87. The van der Waals surface area contributed by atoms with Crippen LogP contribution in [0.25, 0.3) is 11.1 Å². The van der Waals surface area contributed by atoms with Crippen LogP contribution in [0, 0.1) is 6.92 Å². The summed E-state index contributed by atoms with van der Waals surface area (Å²) in [6, 6.07) is 24.4. The Hall–Kier alpha value is -3.04. The molecule has 0 radical (unpaired) electrons. The molecule has 3 nitrogen and oxygen atoms in total. The Morgan fingerprint density at radius 1 is 0.867 bits per heavy atom. The van der Waals surface area contributed by atoms with E-state index in [2.05, 4.69) is 61.2 Å². The van der Waals surface area contributed by atoms with Crippen molar-refractivity contribution in [2.45, 2.75) is 20.3 Å². The maximum absolute atomic E-state index is 10.1. The van der Waals surface area contributed by atoms with E-state index in [1.165, 1.54) is 16.7 Å². The van der Waals surface area contributed by atoms with E-state index >= 15 is 0 Å². The highest BCUT2D eigenvalue weighted by Crippen LogP contribution is 2.36. The fourth-order valence-electron chi connectivity index (χ4n) is 3.60. The zero-order valence-corrected chi connectivity index (χ0v) is 18.4. The van der Waals surface area contributed by atoms with Gasteiger partial charge in [0.1, 0.15) is 18.1 Å². The first-order valence-electron chi connectivity index (χ1n) is 10.5. The van der Waals surface area contributed by atoms with Crippen molar-refractivity contribution in [1.29, 1.82) is 0 Å². The SMILES string of the molecule is CC/C(=C(/c1ccc(OCCN(C)C)cc1)c1cccc(O)c1)c1cccc(C)c1. The molecule has 0 fully saturated rings. The van der Waals surface area contributed by atoms with Gasteiger partial charge in [-0.15, -0.1) is 0 Å². The molecule has 0 saturated carbocycles. The maximum Gasteiger partial charge on any atom is 0.119 e. The van der Waals surface area contributed by atoms with Crippen LogP contribution in [0.1, 0.15) is 35.6 Å². The predicted molar refractivity (Wildman–Crippen MR) is 126 cm³/mol. The number of aryl methyl sites for hydroxylation is 1. The minimum atomic E-state index is 0.272. The van der Waals surface area contributed by atoms with E-state index in [0.29, 0.717) is 6.61 Å². The molecule has 0 aliphatic heterocycles. The van der Waals surface area contributed by atoms with Crippen LogP contribution < -0.4 is 4.74 Å². The first kappa shape index (κ1) is 21.7. The lowest BCUT2D eigenvalue weighted by molar-refractivity contribution is 0.261. The number of rotatable bonds is 8. The molecule has 0 unspecified atom stereocenters. The van der Waals surface area contributed by atoms with Gasteiger partial charge in [0.25, 0.3) is 0 Å². The van der Waals surface area contributed by atoms with Gasteiger partial charge in [0.2, 0.25) is 0 Å². The summed E-state index contributed by atoms with van der Waals surface area (Å²) in [4.78, 5) is 2.10. The Labute approximate surface area is 180 Å². The van der Waals surface area contributed by atoms with Crippen molar-refractivity contribution in [2.75, 3.05) is 27.2 Å². The molecule has 0 spiro atoms. The second-order valence-corrected chi connectivity index (χ2v) is 7.80. The Bertz CT molecular complexity index is 1000. The lowest BCUT2D eigenvalue weighted by Crippen LogP contribution is -2.19. The highest BCUT2D eigenvalue weighted by atomic mass is 16.5. The summed E-state index contributed by atoms with van der Waals surface area (Å²) in [5, 5.41) is 10.1. The topological polar surface area (TPSA) is 32.7 Å². The molecule has 0 aliphatic carbocycles. The Morgan fingerprint density at radius 3 is 2.20 bits per heavy atom. The van der Waals surface area contributed by atoms with Gasteiger partial charge in [0, 0.05) is 6.54 Å². The van der Waals surface area contributed by atoms with Gasteiger partial charge < -0.3 is 14.7 Å². The van der Waals surface area contributed by atoms with Gasteiger partial charge in [0.05, 0.1) is 0 Å². The molecular weight excluding hydrogens is 370 g/mol. The van der Waals surface area contributed by atoms with E-state index in [1.807, 2.05) is 38.4 Å². The first-order chi connectivity index (χ1) is 14.5. The number of allylic oxidation sites excluding steroid dienone is 1. The van der Waals surface area contributed by atoms with Gasteiger partial charge in [-0.2, -0.15) is 0 Å². The quantitative estimate of drug-likeness (QED) is 0.469. The van der Waals surface area contributed by atoms with E-state index in [0.717, 1.165) is 35.4 Å². The second kappa shape index (κ2) is 10.1. The maximum atomic E-state index is 10.1. The van der Waals surface area contributed by atoms with Crippen LogP contribution in [0.2, 0.25) is 0 Å². The summed E-state index contributed by atoms with van der Waals surface area (Å²) in [7, 11) is 4.08. The molecular formula is C27H31NO2. The smallest absolute Gasteiger partial charge is 0.119 e. The van der Waals surface area contributed by atoms with E-state index in [9.17, 15) is 5.11 Å². The molecule has 3 heteroatoms. The van der Waals surface area contributed by atoms with Gasteiger partial charge in [0.15, 0.2) is 0 Å². The molecule has 0 bridgehead atoms. The molecule has 0 aromatic heterocycles. The molecule has 0 atom stereocenters. The average molecular weight is 402 g/mol. The molecule has 0 heterocycles. The van der Waals surface area contributed by atoms with Crippen molar-refractivity contribution < 1.29 is 9.84 Å². The van der Waals surface area contributed by atoms with E-state index in [1.54, 1.807) is 6.07 Å². The molecule has 156 valence electrons. The number of ether oxygens (including phenoxy) is 1. The molecule has 1 N–H and O–H groups in total. The number of aromatic hydroxyl groups is 1. The summed E-state index contributed by atoms with van der Waals surface area (Å²) in [5.41, 5.74) is 6.96. The van der Waals surface area contributed by atoms with Crippen molar-refractivity contribution >= 4 is 11.1 Å². The zero-order valence-electron chi connectivity index (χ0n) is 18.4. The number of hydrogen-bond acceptors (Lipinski definition) is 3. The number of hydrogen-bond donors (Lipinski definition) is 1. The van der Waals surface area contributed by atoms with E-state index in [-0.39, 0.29) is 5.75 Å². The van der Waals surface area contributed by atoms with Crippen LogP contribution >= 0.6 is 0 Å². The van der Waals surface area contributed by atoms with Gasteiger partial charge in [-0.1, -0.05) is 61.0 Å². The minimum absolute atomic E-state index is 0.272. The van der Waals surface area contributed by atoms with Crippen molar-refractivity contribution in [3.05, 3.63) is 95.1 Å². The van der Waals surface area contributed by atoms with Crippen LogP contribution in [0.3, 0.4) is 0 Å². The van der Waals surface area contributed by atoms with Gasteiger partial charge in [-0.05, 0) is 79.5 Å². The highest BCUT2D eigenvalue weighted by molar-refractivity contribution is 5.98. The van der Waals surface area contributed by atoms with Crippen LogP contribution in [0.15, 0.2) is 72.8 Å².